The molecular weight excluding hydrogens is 240 g/mol. The van der Waals surface area contributed by atoms with E-state index in [0.29, 0.717) is 18.3 Å². The van der Waals surface area contributed by atoms with E-state index in [2.05, 4.69) is 4.72 Å². The third-order valence-electron chi connectivity index (χ3n) is 4.21. The predicted molar refractivity (Wildman–Crippen MR) is 62.8 cm³/mol. The van der Waals surface area contributed by atoms with Crippen LogP contribution in [0.25, 0.3) is 0 Å². The van der Waals surface area contributed by atoms with Gasteiger partial charge in [-0.25, -0.2) is 8.42 Å². The summed E-state index contributed by atoms with van der Waals surface area (Å²) in [4.78, 5) is 14.0. The van der Waals surface area contributed by atoms with Crippen molar-refractivity contribution in [1.29, 1.82) is 0 Å². The number of nitrogens with one attached hydrogen (secondary N) is 1. The number of likely N-dealkylation sites (N-methyl/N-ethyl adjacent to an activating group) is 1. The fourth-order valence-corrected chi connectivity index (χ4v) is 4.11. The minimum Gasteiger partial charge on any atom is -0.294 e. The van der Waals surface area contributed by atoms with Crippen LogP contribution in [-0.4, -0.2) is 44.1 Å². The van der Waals surface area contributed by atoms with Crippen LogP contribution in [0.4, 0.5) is 0 Å². The zero-order valence-electron chi connectivity index (χ0n) is 9.98. The minimum absolute atomic E-state index is 0.258. The molecule has 1 heterocycles. The van der Waals surface area contributed by atoms with Crippen molar-refractivity contribution in [3.05, 3.63) is 0 Å². The molecule has 96 valence electrons. The summed E-state index contributed by atoms with van der Waals surface area (Å²) in [6.45, 7) is 0.925. The van der Waals surface area contributed by atoms with Crippen molar-refractivity contribution in [2.24, 2.45) is 5.41 Å². The molecule has 0 radical (unpaired) electrons. The van der Waals surface area contributed by atoms with Crippen molar-refractivity contribution in [3.63, 3.8) is 0 Å². The van der Waals surface area contributed by atoms with E-state index < -0.39 is 10.0 Å². The number of amides is 1. The monoisotopic (exact) mass is 258 g/mol. The zero-order valence-corrected chi connectivity index (χ0v) is 10.8. The maximum atomic E-state index is 12.0. The van der Waals surface area contributed by atoms with Gasteiger partial charge in [-0.3, -0.25) is 14.4 Å². The molecule has 2 aliphatic carbocycles. The maximum absolute atomic E-state index is 12.0. The first kappa shape index (κ1) is 11.5. The van der Waals surface area contributed by atoms with E-state index in [4.69, 9.17) is 0 Å². The second-order valence-electron chi connectivity index (χ2n) is 5.85. The molecule has 1 aliphatic heterocycles. The summed E-state index contributed by atoms with van der Waals surface area (Å²) < 4.78 is 25.6. The van der Waals surface area contributed by atoms with Gasteiger partial charge >= 0.3 is 0 Å². The summed E-state index contributed by atoms with van der Waals surface area (Å²) in [7, 11) is -1.49. The summed E-state index contributed by atoms with van der Waals surface area (Å²) in [6, 6.07) is -0.258. The van der Waals surface area contributed by atoms with Gasteiger partial charge in [0.1, 0.15) is 0 Å². The normalized spacial score (nSPS) is 31.7. The average Bonchev–Trinajstić information content (AvgIpc) is 3.06. The van der Waals surface area contributed by atoms with E-state index in [0.717, 1.165) is 13.0 Å². The largest absolute Gasteiger partial charge is 0.294 e. The van der Waals surface area contributed by atoms with E-state index in [-0.39, 0.29) is 17.2 Å². The van der Waals surface area contributed by atoms with Gasteiger partial charge in [0.15, 0.2) is 0 Å². The van der Waals surface area contributed by atoms with Gasteiger partial charge in [0.2, 0.25) is 10.0 Å². The Bertz CT molecular complexity index is 451. The molecule has 0 unspecified atom stereocenters. The van der Waals surface area contributed by atoms with Crippen LogP contribution in [-0.2, 0) is 14.8 Å². The molecule has 1 N–H and O–H groups in total. The van der Waals surface area contributed by atoms with Crippen LogP contribution in [0, 0.1) is 5.41 Å². The predicted octanol–water partition coefficient (Wildman–Crippen LogP) is 0.0791. The number of sulfonamides is 1. The molecule has 1 atom stereocenters. The van der Waals surface area contributed by atoms with Crippen molar-refractivity contribution in [1.82, 2.24) is 9.62 Å². The Kier molecular flexibility index (Phi) is 2.32. The summed E-state index contributed by atoms with van der Waals surface area (Å²) in [5.74, 6) is -0.330. The summed E-state index contributed by atoms with van der Waals surface area (Å²) in [6.07, 6.45) is 4.54. The van der Waals surface area contributed by atoms with Gasteiger partial charge in [-0.1, -0.05) is 0 Å². The van der Waals surface area contributed by atoms with Crippen LogP contribution in [0.1, 0.15) is 32.1 Å². The molecular formula is C11H18N2O3S. The van der Waals surface area contributed by atoms with Crippen molar-refractivity contribution in [3.8, 4) is 0 Å². The Balaban J connectivity index is 1.66. The van der Waals surface area contributed by atoms with E-state index in [9.17, 15) is 13.2 Å². The van der Waals surface area contributed by atoms with Crippen LogP contribution in [0.5, 0.6) is 0 Å². The number of carbonyl (C=O) groups excluding carboxylic acids is 1. The molecule has 2 saturated carbocycles. The van der Waals surface area contributed by atoms with Crippen molar-refractivity contribution >= 4 is 15.9 Å². The highest BCUT2D eigenvalue weighted by molar-refractivity contribution is 7.90. The fraction of sp³-hybridized carbons (Fsp3) is 0.909. The quantitative estimate of drug-likeness (QED) is 0.778. The number of likely N-dealkylation sites (tertiary alicyclic amines) is 1. The first-order chi connectivity index (χ1) is 7.92. The van der Waals surface area contributed by atoms with E-state index >= 15 is 0 Å². The zero-order chi connectivity index (χ0) is 12.3. The summed E-state index contributed by atoms with van der Waals surface area (Å²) in [5.41, 5.74) is 0.320. The van der Waals surface area contributed by atoms with E-state index in [1.54, 1.807) is 0 Å². The second-order valence-corrected chi connectivity index (χ2v) is 7.81. The van der Waals surface area contributed by atoms with Crippen molar-refractivity contribution < 1.29 is 13.2 Å². The Hall–Kier alpha value is -0.620. The molecule has 1 saturated heterocycles. The van der Waals surface area contributed by atoms with Gasteiger partial charge in [-0.05, 0) is 44.6 Å². The second kappa shape index (κ2) is 3.45. The van der Waals surface area contributed by atoms with Crippen LogP contribution >= 0.6 is 0 Å². The number of nitrogens with zero attached hydrogens (tertiary/aromatic N) is 1. The van der Waals surface area contributed by atoms with Gasteiger partial charge in [0, 0.05) is 6.54 Å². The SMILES string of the molecule is CN1CC2(CC2)C[C@H]1C(=O)NS(=O)(=O)C1CC1. The number of rotatable bonds is 3. The molecule has 5 nitrogen and oxygen atoms in total. The van der Waals surface area contributed by atoms with Gasteiger partial charge in [0.25, 0.3) is 5.91 Å². The minimum atomic E-state index is -3.39. The Labute approximate surface area is 102 Å². The highest BCUT2D eigenvalue weighted by atomic mass is 32.2. The van der Waals surface area contributed by atoms with Gasteiger partial charge < -0.3 is 0 Å². The summed E-state index contributed by atoms with van der Waals surface area (Å²) >= 11 is 0. The lowest BCUT2D eigenvalue weighted by molar-refractivity contribution is -0.123. The molecule has 1 amide bonds. The van der Waals surface area contributed by atoms with E-state index in [1.807, 2.05) is 11.9 Å². The standard InChI is InChI=1S/C11H18N2O3S/c1-13-7-11(4-5-11)6-9(13)10(14)12-17(15,16)8-2-3-8/h8-9H,2-7H2,1H3,(H,12,14)/t9-/m0/s1. The van der Waals surface area contributed by atoms with Crippen LogP contribution in [0.15, 0.2) is 0 Å². The van der Waals surface area contributed by atoms with E-state index in [1.165, 1.54) is 12.8 Å². The highest BCUT2D eigenvalue weighted by Crippen LogP contribution is 2.54. The number of carbonyl (C=O) groups is 1. The van der Waals surface area contributed by atoms with Gasteiger partial charge in [-0.2, -0.15) is 0 Å². The topological polar surface area (TPSA) is 66.5 Å². The molecule has 0 bridgehead atoms. The molecule has 17 heavy (non-hydrogen) atoms. The fourth-order valence-electron chi connectivity index (χ4n) is 2.77. The molecule has 0 aromatic carbocycles. The lowest BCUT2D eigenvalue weighted by Crippen LogP contribution is -2.44. The maximum Gasteiger partial charge on any atom is 0.250 e. The van der Waals surface area contributed by atoms with Gasteiger partial charge in [-0.15, -0.1) is 0 Å². The third-order valence-corrected chi connectivity index (χ3v) is 6.04. The molecule has 1 spiro atoms. The van der Waals surface area contributed by atoms with Crippen LogP contribution in [0.2, 0.25) is 0 Å². The Morgan fingerprint density at radius 2 is 2.00 bits per heavy atom. The van der Waals surface area contributed by atoms with Crippen LogP contribution in [0.3, 0.4) is 0 Å². The number of hydrogen-bond donors (Lipinski definition) is 1. The highest BCUT2D eigenvalue weighted by Gasteiger charge is 2.53. The first-order valence-electron chi connectivity index (χ1n) is 6.18. The lowest BCUT2D eigenvalue weighted by Gasteiger charge is -2.18. The smallest absolute Gasteiger partial charge is 0.250 e. The summed E-state index contributed by atoms with van der Waals surface area (Å²) in [5, 5.41) is -0.326. The first-order valence-corrected chi connectivity index (χ1v) is 7.72. The molecule has 6 heteroatoms. The molecule has 3 rings (SSSR count). The van der Waals surface area contributed by atoms with Crippen LogP contribution < -0.4 is 4.72 Å². The Morgan fingerprint density at radius 1 is 1.35 bits per heavy atom. The van der Waals surface area contributed by atoms with Gasteiger partial charge in [0.05, 0.1) is 11.3 Å². The number of hydrogen-bond acceptors (Lipinski definition) is 4. The molecule has 0 aromatic heterocycles. The molecule has 3 fully saturated rings. The molecule has 3 aliphatic rings. The third kappa shape index (κ3) is 2.08. The van der Waals surface area contributed by atoms with Crippen molar-refractivity contribution in [2.75, 3.05) is 13.6 Å². The van der Waals surface area contributed by atoms with Crippen molar-refractivity contribution in [2.45, 2.75) is 43.4 Å². The molecule has 0 aromatic rings. The Morgan fingerprint density at radius 3 is 2.47 bits per heavy atom. The average molecular weight is 258 g/mol. The lowest BCUT2D eigenvalue weighted by atomic mass is 10.0.